The number of hydrogen-bond donors (Lipinski definition) is 1. The third kappa shape index (κ3) is 1.72. The van der Waals surface area contributed by atoms with Crippen molar-refractivity contribution in [2.24, 2.45) is 5.73 Å². The van der Waals surface area contributed by atoms with Crippen molar-refractivity contribution in [3.05, 3.63) is 36.4 Å². The van der Waals surface area contributed by atoms with Crippen molar-refractivity contribution in [2.45, 2.75) is 31.2 Å². The quantitative estimate of drug-likeness (QED) is 0.770. The molecule has 0 spiro atoms. The van der Waals surface area contributed by atoms with Crippen LogP contribution < -0.4 is 5.73 Å². The van der Waals surface area contributed by atoms with Crippen LogP contribution >= 0.6 is 0 Å². The third-order valence-electron chi connectivity index (χ3n) is 3.95. The van der Waals surface area contributed by atoms with E-state index >= 15 is 0 Å². The van der Waals surface area contributed by atoms with Gasteiger partial charge in [-0.25, -0.2) is 4.98 Å². The van der Waals surface area contributed by atoms with Gasteiger partial charge >= 0.3 is 0 Å². The molecule has 0 saturated heterocycles. The van der Waals surface area contributed by atoms with Crippen molar-refractivity contribution in [1.29, 1.82) is 0 Å². The highest BCUT2D eigenvalue weighted by Gasteiger charge is 2.36. The molecule has 3 aromatic rings. The number of aromatic nitrogens is 4. The van der Waals surface area contributed by atoms with E-state index in [4.69, 9.17) is 10.3 Å². The Labute approximate surface area is 115 Å². The second-order valence-electron chi connectivity index (χ2n) is 5.38. The van der Waals surface area contributed by atoms with E-state index in [0.717, 1.165) is 31.3 Å². The molecule has 2 N–H and O–H groups in total. The number of nitrogens with zero attached hydrogens (tertiary/aromatic N) is 4. The molecule has 1 aliphatic rings. The van der Waals surface area contributed by atoms with E-state index in [9.17, 15) is 0 Å². The predicted molar refractivity (Wildman–Crippen MR) is 72.8 cm³/mol. The molecule has 6 heteroatoms. The van der Waals surface area contributed by atoms with Gasteiger partial charge in [-0.3, -0.25) is 0 Å². The second-order valence-corrected chi connectivity index (χ2v) is 5.38. The Hall–Kier alpha value is -2.21. The number of pyridine rings is 1. The van der Waals surface area contributed by atoms with Crippen LogP contribution in [0, 0.1) is 0 Å². The summed E-state index contributed by atoms with van der Waals surface area (Å²) in [5, 5.41) is 4.06. The van der Waals surface area contributed by atoms with Gasteiger partial charge in [0.2, 0.25) is 0 Å². The summed E-state index contributed by atoms with van der Waals surface area (Å²) in [4.78, 5) is 8.92. The Bertz CT molecular complexity index is 721. The zero-order valence-corrected chi connectivity index (χ0v) is 11.0. The summed E-state index contributed by atoms with van der Waals surface area (Å²) >= 11 is 0. The molecule has 1 saturated carbocycles. The van der Waals surface area contributed by atoms with Crippen molar-refractivity contribution in [3.63, 3.8) is 0 Å². The zero-order chi connectivity index (χ0) is 13.6. The molecule has 20 heavy (non-hydrogen) atoms. The van der Waals surface area contributed by atoms with Crippen LogP contribution in [-0.4, -0.2) is 19.5 Å². The number of nitrogens with two attached hydrogens (primary N) is 1. The summed E-state index contributed by atoms with van der Waals surface area (Å²) in [5.74, 6) is 1.03. The Morgan fingerprint density at radius 2 is 2.05 bits per heavy atom. The van der Waals surface area contributed by atoms with Gasteiger partial charge in [-0.15, -0.1) is 0 Å². The van der Waals surface area contributed by atoms with Crippen molar-refractivity contribution < 1.29 is 4.52 Å². The van der Waals surface area contributed by atoms with Crippen LogP contribution in [-0.2, 0) is 5.54 Å². The molecule has 102 valence electrons. The van der Waals surface area contributed by atoms with Gasteiger partial charge in [-0.1, -0.05) is 24.1 Å². The van der Waals surface area contributed by atoms with Crippen LogP contribution in [0.15, 0.2) is 35.1 Å². The third-order valence-corrected chi connectivity index (χ3v) is 3.95. The summed E-state index contributed by atoms with van der Waals surface area (Å²) < 4.78 is 7.26. The molecule has 0 bridgehead atoms. The summed E-state index contributed by atoms with van der Waals surface area (Å²) in [6, 6.07) is 5.83. The van der Waals surface area contributed by atoms with Gasteiger partial charge in [0.25, 0.3) is 5.89 Å². The summed E-state index contributed by atoms with van der Waals surface area (Å²) in [6.07, 6.45) is 7.88. The maximum atomic E-state index is 6.34. The topological polar surface area (TPSA) is 82.2 Å². The number of rotatable bonds is 2. The lowest BCUT2D eigenvalue weighted by Crippen LogP contribution is -2.34. The van der Waals surface area contributed by atoms with E-state index in [1.54, 1.807) is 0 Å². The first-order valence-corrected chi connectivity index (χ1v) is 6.82. The number of hydrogen-bond acceptors (Lipinski definition) is 5. The molecule has 3 heterocycles. The van der Waals surface area contributed by atoms with Gasteiger partial charge in [0.05, 0.1) is 5.54 Å². The molecule has 0 unspecified atom stereocenters. The monoisotopic (exact) mass is 269 g/mol. The van der Waals surface area contributed by atoms with Crippen molar-refractivity contribution >= 4 is 5.65 Å². The van der Waals surface area contributed by atoms with E-state index in [1.807, 2.05) is 35.0 Å². The van der Waals surface area contributed by atoms with E-state index in [-0.39, 0.29) is 0 Å². The second kappa shape index (κ2) is 4.14. The van der Waals surface area contributed by atoms with E-state index in [2.05, 4.69) is 15.1 Å². The molecule has 3 aromatic heterocycles. The summed E-state index contributed by atoms with van der Waals surface area (Å²) in [5.41, 5.74) is 7.44. The smallest absolute Gasteiger partial charge is 0.278 e. The fraction of sp³-hybridized carbons (Fsp3) is 0.357. The molecule has 1 fully saturated rings. The lowest BCUT2D eigenvalue weighted by Gasteiger charge is -2.17. The molecule has 0 radical (unpaired) electrons. The average Bonchev–Trinajstić information content (AvgIpc) is 3.17. The number of imidazole rings is 1. The standard InChI is InChI=1S/C14H15N5O/c15-14(6-2-3-7-14)13-17-12(20-18-13)10-9-19-8-4-1-5-11(19)16-10/h1,4-5,8-9H,2-3,6-7,15H2. The zero-order valence-electron chi connectivity index (χ0n) is 11.0. The Kier molecular flexibility index (Phi) is 2.40. The van der Waals surface area contributed by atoms with Crippen LogP contribution in [0.3, 0.4) is 0 Å². The van der Waals surface area contributed by atoms with Gasteiger partial charge in [0.15, 0.2) is 5.82 Å². The molecular weight excluding hydrogens is 254 g/mol. The molecule has 0 amide bonds. The minimum Gasteiger partial charge on any atom is -0.332 e. The van der Waals surface area contributed by atoms with Crippen molar-refractivity contribution in [1.82, 2.24) is 19.5 Å². The molecular formula is C14H15N5O. The first-order chi connectivity index (χ1) is 9.74. The normalized spacial score (nSPS) is 17.9. The Balaban J connectivity index is 1.74. The fourth-order valence-corrected chi connectivity index (χ4v) is 2.80. The van der Waals surface area contributed by atoms with Gasteiger partial charge in [0, 0.05) is 12.4 Å². The van der Waals surface area contributed by atoms with E-state index in [1.165, 1.54) is 0 Å². The molecule has 4 rings (SSSR count). The fourth-order valence-electron chi connectivity index (χ4n) is 2.80. The van der Waals surface area contributed by atoms with Crippen LogP contribution in [0.2, 0.25) is 0 Å². The minimum absolute atomic E-state index is 0.430. The van der Waals surface area contributed by atoms with Crippen molar-refractivity contribution in [2.75, 3.05) is 0 Å². The first kappa shape index (κ1) is 11.6. The average molecular weight is 269 g/mol. The first-order valence-electron chi connectivity index (χ1n) is 6.82. The largest absolute Gasteiger partial charge is 0.332 e. The summed E-state index contributed by atoms with van der Waals surface area (Å²) in [6.45, 7) is 0. The number of fused-ring (bicyclic) bond motifs is 1. The molecule has 6 nitrogen and oxygen atoms in total. The Morgan fingerprint density at radius 3 is 2.85 bits per heavy atom. The van der Waals surface area contributed by atoms with Crippen LogP contribution in [0.4, 0.5) is 0 Å². The minimum atomic E-state index is -0.430. The van der Waals surface area contributed by atoms with Crippen molar-refractivity contribution in [3.8, 4) is 11.6 Å². The molecule has 0 atom stereocenters. The van der Waals surface area contributed by atoms with E-state index < -0.39 is 5.54 Å². The highest BCUT2D eigenvalue weighted by molar-refractivity contribution is 5.53. The maximum absolute atomic E-state index is 6.34. The molecule has 1 aliphatic carbocycles. The summed E-state index contributed by atoms with van der Waals surface area (Å²) in [7, 11) is 0. The maximum Gasteiger partial charge on any atom is 0.278 e. The van der Waals surface area contributed by atoms with E-state index in [0.29, 0.717) is 17.4 Å². The van der Waals surface area contributed by atoms with Gasteiger partial charge < -0.3 is 14.7 Å². The predicted octanol–water partition coefficient (Wildman–Crippen LogP) is 2.11. The van der Waals surface area contributed by atoms with Crippen LogP contribution in [0.5, 0.6) is 0 Å². The Morgan fingerprint density at radius 1 is 1.20 bits per heavy atom. The lowest BCUT2D eigenvalue weighted by atomic mass is 9.99. The van der Waals surface area contributed by atoms with Gasteiger partial charge in [-0.2, -0.15) is 4.98 Å². The van der Waals surface area contributed by atoms with Crippen LogP contribution in [0.25, 0.3) is 17.2 Å². The highest BCUT2D eigenvalue weighted by Crippen LogP contribution is 2.35. The van der Waals surface area contributed by atoms with Gasteiger partial charge in [-0.05, 0) is 25.0 Å². The van der Waals surface area contributed by atoms with Crippen LogP contribution in [0.1, 0.15) is 31.5 Å². The lowest BCUT2D eigenvalue weighted by molar-refractivity contribution is 0.372. The molecule has 0 aliphatic heterocycles. The SMILES string of the molecule is NC1(c2noc(-c3cn4ccccc4n3)n2)CCCC1. The van der Waals surface area contributed by atoms with Gasteiger partial charge in [0.1, 0.15) is 11.3 Å². The molecule has 0 aromatic carbocycles. The highest BCUT2D eigenvalue weighted by atomic mass is 16.5.